The van der Waals surface area contributed by atoms with E-state index in [0.717, 1.165) is 12.0 Å². The fourth-order valence-corrected chi connectivity index (χ4v) is 3.11. The van der Waals surface area contributed by atoms with Crippen molar-refractivity contribution >= 4 is 11.3 Å². The van der Waals surface area contributed by atoms with Gasteiger partial charge in [0.05, 0.1) is 7.11 Å². The normalized spacial score (nSPS) is 14.0. The second-order valence-electron chi connectivity index (χ2n) is 4.76. The van der Waals surface area contributed by atoms with Gasteiger partial charge in [0, 0.05) is 17.0 Å². The van der Waals surface area contributed by atoms with Crippen molar-refractivity contribution in [3.05, 3.63) is 52.0 Å². The summed E-state index contributed by atoms with van der Waals surface area (Å²) in [6, 6.07) is 9.69. The molecule has 0 radical (unpaired) electrons. The predicted octanol–water partition coefficient (Wildman–Crippen LogP) is 4.70. The molecule has 2 aromatic rings. The fraction of sp³-hybridized carbons (Fsp3) is 0.375. The maximum Gasteiger partial charge on any atom is 0.165 e. The first-order valence-corrected chi connectivity index (χ1v) is 7.66. The van der Waals surface area contributed by atoms with Crippen molar-refractivity contribution in [1.29, 1.82) is 0 Å². The molecular formula is C16H20FNOS. The summed E-state index contributed by atoms with van der Waals surface area (Å²) in [5.41, 5.74) is 0.929. The Balaban J connectivity index is 2.11. The second-order valence-corrected chi connectivity index (χ2v) is 5.74. The minimum absolute atomic E-state index is 0.0856. The van der Waals surface area contributed by atoms with Gasteiger partial charge < -0.3 is 10.1 Å². The zero-order valence-electron chi connectivity index (χ0n) is 12.0. The summed E-state index contributed by atoms with van der Waals surface area (Å²) in [7, 11) is 1.48. The molecule has 0 amide bonds. The van der Waals surface area contributed by atoms with E-state index in [1.165, 1.54) is 18.1 Å². The van der Waals surface area contributed by atoms with Crippen LogP contribution in [0, 0.1) is 5.82 Å². The molecule has 1 aromatic heterocycles. The molecule has 0 saturated carbocycles. The highest BCUT2D eigenvalue weighted by Crippen LogP contribution is 2.27. The first-order valence-electron chi connectivity index (χ1n) is 6.78. The Hall–Kier alpha value is -1.39. The zero-order valence-corrected chi connectivity index (χ0v) is 12.8. The molecule has 0 fully saturated rings. The average Bonchev–Trinajstić information content (AvgIpc) is 2.98. The third-order valence-electron chi connectivity index (χ3n) is 3.42. The maximum atomic E-state index is 13.8. The summed E-state index contributed by atoms with van der Waals surface area (Å²) in [6.07, 6.45) is 1.00. The molecule has 1 N–H and O–H groups in total. The third kappa shape index (κ3) is 3.38. The minimum Gasteiger partial charge on any atom is -0.494 e. The number of rotatable bonds is 6. The van der Waals surface area contributed by atoms with Gasteiger partial charge in [-0.2, -0.15) is 0 Å². The zero-order chi connectivity index (χ0) is 14.5. The van der Waals surface area contributed by atoms with Crippen LogP contribution in [0.4, 0.5) is 4.39 Å². The van der Waals surface area contributed by atoms with Crippen molar-refractivity contribution < 1.29 is 9.13 Å². The Bertz CT molecular complexity index is 541. The molecule has 0 aliphatic carbocycles. The van der Waals surface area contributed by atoms with Crippen molar-refractivity contribution in [2.45, 2.75) is 32.4 Å². The van der Waals surface area contributed by atoms with Crippen LogP contribution in [-0.2, 0) is 0 Å². The standard InChI is InChI=1S/C16H20FNOS/c1-4-14(16-6-5-9-20-16)18-11(2)12-7-8-15(19-3)13(17)10-12/h5-11,14,18H,4H2,1-3H3. The van der Waals surface area contributed by atoms with Gasteiger partial charge in [0.1, 0.15) is 0 Å². The molecule has 2 atom stereocenters. The van der Waals surface area contributed by atoms with Crippen LogP contribution >= 0.6 is 11.3 Å². The minimum atomic E-state index is -0.317. The molecule has 1 heterocycles. The monoisotopic (exact) mass is 293 g/mol. The van der Waals surface area contributed by atoms with Crippen LogP contribution in [0.5, 0.6) is 5.75 Å². The Labute approximate surface area is 123 Å². The fourth-order valence-electron chi connectivity index (χ4n) is 2.24. The van der Waals surface area contributed by atoms with Gasteiger partial charge >= 0.3 is 0 Å². The first-order chi connectivity index (χ1) is 9.65. The lowest BCUT2D eigenvalue weighted by atomic mass is 10.1. The lowest BCUT2D eigenvalue weighted by Crippen LogP contribution is -2.23. The summed E-state index contributed by atoms with van der Waals surface area (Å²) < 4.78 is 18.7. The highest BCUT2D eigenvalue weighted by molar-refractivity contribution is 7.10. The summed E-state index contributed by atoms with van der Waals surface area (Å²) in [6.45, 7) is 4.20. The highest BCUT2D eigenvalue weighted by atomic mass is 32.1. The molecule has 0 spiro atoms. The Morgan fingerprint density at radius 3 is 2.70 bits per heavy atom. The number of thiophene rings is 1. The number of nitrogens with one attached hydrogen (secondary N) is 1. The number of hydrogen-bond acceptors (Lipinski definition) is 3. The van der Waals surface area contributed by atoms with Crippen molar-refractivity contribution in [3.8, 4) is 5.75 Å². The number of halogens is 1. The molecule has 2 rings (SSSR count). The Kier molecular flexibility index (Phi) is 5.15. The molecule has 4 heteroatoms. The molecule has 0 bridgehead atoms. The van der Waals surface area contributed by atoms with Crippen molar-refractivity contribution in [2.75, 3.05) is 7.11 Å². The van der Waals surface area contributed by atoms with E-state index in [9.17, 15) is 4.39 Å². The Morgan fingerprint density at radius 1 is 1.35 bits per heavy atom. The number of methoxy groups -OCH3 is 1. The highest BCUT2D eigenvalue weighted by Gasteiger charge is 2.15. The summed E-state index contributed by atoms with van der Waals surface area (Å²) in [5.74, 6) is -0.0333. The molecule has 2 nitrogen and oxygen atoms in total. The van der Waals surface area contributed by atoms with Crippen LogP contribution in [0.15, 0.2) is 35.7 Å². The predicted molar refractivity (Wildman–Crippen MR) is 81.9 cm³/mol. The lowest BCUT2D eigenvalue weighted by Gasteiger charge is -2.22. The van der Waals surface area contributed by atoms with Gasteiger partial charge in [-0.05, 0) is 42.5 Å². The molecule has 0 saturated heterocycles. The smallest absolute Gasteiger partial charge is 0.165 e. The van der Waals surface area contributed by atoms with Crippen LogP contribution in [0.3, 0.4) is 0 Å². The van der Waals surface area contributed by atoms with Crippen molar-refractivity contribution in [2.24, 2.45) is 0 Å². The van der Waals surface area contributed by atoms with Crippen molar-refractivity contribution in [3.63, 3.8) is 0 Å². The first kappa shape index (κ1) is 15.0. The molecule has 0 aliphatic heterocycles. The molecule has 20 heavy (non-hydrogen) atoms. The summed E-state index contributed by atoms with van der Waals surface area (Å²) in [4.78, 5) is 1.31. The SMILES string of the molecule is CCC(NC(C)c1ccc(OC)c(F)c1)c1cccs1. The van der Waals surface area contributed by atoms with Gasteiger partial charge in [0.2, 0.25) is 0 Å². The summed E-state index contributed by atoms with van der Waals surface area (Å²) in [5, 5.41) is 5.63. The van der Waals surface area contributed by atoms with E-state index in [-0.39, 0.29) is 17.6 Å². The molecular weight excluding hydrogens is 273 g/mol. The van der Waals surface area contributed by atoms with Crippen LogP contribution in [0.25, 0.3) is 0 Å². The molecule has 2 unspecified atom stereocenters. The topological polar surface area (TPSA) is 21.3 Å². The van der Waals surface area contributed by atoms with E-state index in [0.29, 0.717) is 6.04 Å². The quantitative estimate of drug-likeness (QED) is 0.833. The van der Waals surface area contributed by atoms with Gasteiger partial charge in [-0.25, -0.2) is 4.39 Å². The van der Waals surface area contributed by atoms with E-state index in [1.54, 1.807) is 17.4 Å². The number of benzene rings is 1. The van der Waals surface area contributed by atoms with Gasteiger partial charge in [-0.1, -0.05) is 19.1 Å². The largest absolute Gasteiger partial charge is 0.494 e. The van der Waals surface area contributed by atoms with Crippen LogP contribution < -0.4 is 10.1 Å². The van der Waals surface area contributed by atoms with Gasteiger partial charge in [-0.15, -0.1) is 11.3 Å². The third-order valence-corrected chi connectivity index (χ3v) is 4.41. The van der Waals surface area contributed by atoms with E-state index in [1.807, 2.05) is 6.07 Å². The molecule has 0 aliphatic rings. The molecule has 1 aromatic carbocycles. The summed E-state index contributed by atoms with van der Waals surface area (Å²) >= 11 is 1.75. The van der Waals surface area contributed by atoms with Gasteiger partial charge in [0.25, 0.3) is 0 Å². The molecule has 108 valence electrons. The number of ether oxygens (including phenoxy) is 1. The van der Waals surface area contributed by atoms with Crippen LogP contribution in [0.1, 0.15) is 42.8 Å². The maximum absolute atomic E-state index is 13.8. The van der Waals surface area contributed by atoms with Gasteiger partial charge in [-0.3, -0.25) is 0 Å². The van der Waals surface area contributed by atoms with Crippen LogP contribution in [0.2, 0.25) is 0 Å². The Morgan fingerprint density at radius 2 is 2.15 bits per heavy atom. The van der Waals surface area contributed by atoms with E-state index in [2.05, 4.69) is 36.7 Å². The van der Waals surface area contributed by atoms with E-state index in [4.69, 9.17) is 4.74 Å². The van der Waals surface area contributed by atoms with Crippen LogP contribution in [-0.4, -0.2) is 7.11 Å². The lowest BCUT2D eigenvalue weighted by molar-refractivity contribution is 0.385. The average molecular weight is 293 g/mol. The van der Waals surface area contributed by atoms with E-state index < -0.39 is 0 Å². The second kappa shape index (κ2) is 6.86. The van der Waals surface area contributed by atoms with Gasteiger partial charge in [0.15, 0.2) is 11.6 Å². The van der Waals surface area contributed by atoms with E-state index >= 15 is 0 Å². The number of hydrogen-bond donors (Lipinski definition) is 1. The van der Waals surface area contributed by atoms with Crippen molar-refractivity contribution in [1.82, 2.24) is 5.32 Å².